The predicted molar refractivity (Wildman–Crippen MR) is 71.7 cm³/mol. The lowest BCUT2D eigenvalue weighted by Crippen LogP contribution is -2.09. The topological polar surface area (TPSA) is 34.2 Å². The Balaban J connectivity index is 2.20. The molecular weight excluding hydrogens is 251 g/mol. The Hall–Kier alpha value is -1.46. The molecule has 0 aliphatic rings. The number of benzene rings is 1. The van der Waals surface area contributed by atoms with Crippen LogP contribution in [0.1, 0.15) is 5.01 Å². The number of thiazole rings is 1. The minimum absolute atomic E-state index is 0.263. The first-order valence-corrected chi connectivity index (χ1v) is 6.49. The van der Waals surface area contributed by atoms with E-state index in [1.165, 1.54) is 13.2 Å². The maximum Gasteiger partial charge on any atom is 0.165 e. The Bertz CT molecular complexity index is 527. The molecule has 5 heteroatoms. The summed E-state index contributed by atoms with van der Waals surface area (Å²) in [6.45, 7) is 0.893. The number of halogens is 1. The Morgan fingerprint density at radius 2 is 2.28 bits per heavy atom. The third-order valence-electron chi connectivity index (χ3n) is 2.58. The number of rotatable bonds is 5. The van der Waals surface area contributed by atoms with Gasteiger partial charge in [-0.3, -0.25) is 0 Å². The second-order valence-corrected chi connectivity index (χ2v) is 4.94. The zero-order valence-corrected chi connectivity index (χ0v) is 11.2. The first-order chi connectivity index (χ1) is 8.74. The van der Waals surface area contributed by atoms with Crippen LogP contribution in [0.5, 0.6) is 5.75 Å². The van der Waals surface area contributed by atoms with Crippen molar-refractivity contribution in [1.82, 2.24) is 10.3 Å². The van der Waals surface area contributed by atoms with Crippen LogP contribution in [0, 0.1) is 5.82 Å². The number of hydrogen-bond donors (Lipinski definition) is 1. The quantitative estimate of drug-likeness (QED) is 0.903. The molecule has 0 fully saturated rings. The molecule has 0 amide bonds. The molecule has 96 valence electrons. The summed E-state index contributed by atoms with van der Waals surface area (Å²) in [6, 6.07) is 4.96. The van der Waals surface area contributed by atoms with E-state index in [9.17, 15) is 4.39 Å². The summed E-state index contributed by atoms with van der Waals surface area (Å²) in [5.74, 6) is -0.0844. The number of nitrogens with one attached hydrogen (secondary N) is 1. The van der Waals surface area contributed by atoms with Crippen LogP contribution in [-0.2, 0) is 6.42 Å². The SMILES string of the molecule is CNCCc1ncc(-c2ccc(OC)c(F)c2)s1. The van der Waals surface area contributed by atoms with Crippen LogP contribution >= 0.6 is 11.3 Å². The van der Waals surface area contributed by atoms with E-state index in [1.807, 2.05) is 13.1 Å². The highest BCUT2D eigenvalue weighted by molar-refractivity contribution is 7.15. The zero-order chi connectivity index (χ0) is 13.0. The average molecular weight is 266 g/mol. The molecule has 1 aromatic carbocycles. The van der Waals surface area contributed by atoms with E-state index < -0.39 is 0 Å². The molecule has 0 spiro atoms. The van der Waals surface area contributed by atoms with E-state index in [4.69, 9.17) is 4.74 Å². The highest BCUT2D eigenvalue weighted by Gasteiger charge is 2.08. The third-order valence-corrected chi connectivity index (χ3v) is 3.68. The minimum Gasteiger partial charge on any atom is -0.494 e. The number of hydrogen-bond acceptors (Lipinski definition) is 4. The maximum absolute atomic E-state index is 13.6. The van der Waals surface area contributed by atoms with Gasteiger partial charge >= 0.3 is 0 Å². The van der Waals surface area contributed by atoms with Crippen LogP contribution in [0.25, 0.3) is 10.4 Å². The van der Waals surface area contributed by atoms with E-state index in [0.717, 1.165) is 28.4 Å². The molecule has 0 saturated heterocycles. The van der Waals surface area contributed by atoms with E-state index in [-0.39, 0.29) is 11.6 Å². The summed E-state index contributed by atoms with van der Waals surface area (Å²) in [6.07, 6.45) is 2.68. The molecule has 2 rings (SSSR count). The van der Waals surface area contributed by atoms with Gasteiger partial charge in [0.05, 0.1) is 17.0 Å². The van der Waals surface area contributed by atoms with Crippen molar-refractivity contribution in [3.63, 3.8) is 0 Å². The molecule has 1 heterocycles. The summed E-state index contributed by atoms with van der Waals surface area (Å²) in [5, 5.41) is 4.13. The lowest BCUT2D eigenvalue weighted by atomic mass is 10.2. The molecule has 3 nitrogen and oxygen atoms in total. The second-order valence-electron chi connectivity index (χ2n) is 3.82. The molecule has 18 heavy (non-hydrogen) atoms. The molecule has 2 aromatic rings. The Morgan fingerprint density at radius 1 is 1.44 bits per heavy atom. The fraction of sp³-hybridized carbons (Fsp3) is 0.308. The summed E-state index contributed by atoms with van der Waals surface area (Å²) in [7, 11) is 3.37. The Labute approximate surface area is 110 Å². The van der Waals surface area contributed by atoms with E-state index in [0.29, 0.717) is 0 Å². The standard InChI is InChI=1S/C13H15FN2OS/c1-15-6-5-13-16-8-12(18-13)9-3-4-11(17-2)10(14)7-9/h3-4,7-8,15H,5-6H2,1-2H3. The molecular formula is C13H15FN2OS. The lowest BCUT2D eigenvalue weighted by Gasteiger charge is -2.02. The van der Waals surface area contributed by atoms with E-state index in [2.05, 4.69) is 10.3 Å². The summed E-state index contributed by atoms with van der Waals surface area (Å²) in [4.78, 5) is 5.30. The van der Waals surface area contributed by atoms with Gasteiger partial charge in [0, 0.05) is 19.2 Å². The van der Waals surface area contributed by atoms with E-state index >= 15 is 0 Å². The van der Waals surface area contributed by atoms with Crippen LogP contribution in [-0.4, -0.2) is 25.7 Å². The number of likely N-dealkylation sites (N-methyl/N-ethyl adjacent to an activating group) is 1. The highest BCUT2D eigenvalue weighted by Crippen LogP contribution is 2.29. The van der Waals surface area contributed by atoms with Crippen molar-refractivity contribution >= 4 is 11.3 Å². The molecule has 0 saturated carbocycles. The van der Waals surface area contributed by atoms with Crippen LogP contribution < -0.4 is 10.1 Å². The predicted octanol–water partition coefficient (Wildman–Crippen LogP) is 2.72. The molecule has 0 aliphatic carbocycles. The highest BCUT2D eigenvalue weighted by atomic mass is 32.1. The van der Waals surface area contributed by atoms with Gasteiger partial charge in [0.15, 0.2) is 11.6 Å². The molecule has 1 aromatic heterocycles. The molecule has 0 atom stereocenters. The van der Waals surface area contributed by atoms with Crippen molar-refractivity contribution in [2.45, 2.75) is 6.42 Å². The third kappa shape index (κ3) is 2.86. The van der Waals surface area contributed by atoms with E-state index in [1.54, 1.807) is 23.6 Å². The van der Waals surface area contributed by atoms with Gasteiger partial charge in [-0.2, -0.15) is 0 Å². The maximum atomic E-state index is 13.6. The Morgan fingerprint density at radius 3 is 2.94 bits per heavy atom. The van der Waals surface area contributed by atoms with Crippen LogP contribution in [0.3, 0.4) is 0 Å². The number of methoxy groups -OCH3 is 1. The van der Waals surface area contributed by atoms with Crippen LogP contribution in [0.4, 0.5) is 4.39 Å². The first kappa shape index (κ1) is 13.0. The zero-order valence-electron chi connectivity index (χ0n) is 10.4. The van der Waals surface area contributed by atoms with Crippen molar-refractivity contribution in [3.05, 3.63) is 35.2 Å². The molecule has 0 aliphatic heterocycles. The second kappa shape index (κ2) is 5.93. The summed E-state index contributed by atoms with van der Waals surface area (Å²) >= 11 is 1.59. The number of ether oxygens (including phenoxy) is 1. The number of nitrogens with zero attached hydrogens (tertiary/aromatic N) is 1. The first-order valence-electron chi connectivity index (χ1n) is 5.68. The van der Waals surface area contributed by atoms with Gasteiger partial charge in [0.25, 0.3) is 0 Å². The van der Waals surface area contributed by atoms with Gasteiger partial charge in [-0.15, -0.1) is 11.3 Å². The molecule has 0 unspecified atom stereocenters. The monoisotopic (exact) mass is 266 g/mol. The fourth-order valence-electron chi connectivity index (χ4n) is 1.61. The van der Waals surface area contributed by atoms with Crippen LogP contribution in [0.15, 0.2) is 24.4 Å². The van der Waals surface area contributed by atoms with Gasteiger partial charge in [-0.05, 0) is 30.8 Å². The average Bonchev–Trinajstić information content (AvgIpc) is 2.85. The van der Waals surface area contributed by atoms with Crippen molar-refractivity contribution < 1.29 is 9.13 Å². The smallest absolute Gasteiger partial charge is 0.165 e. The van der Waals surface area contributed by atoms with Gasteiger partial charge in [-0.1, -0.05) is 0 Å². The van der Waals surface area contributed by atoms with Crippen molar-refractivity contribution in [2.24, 2.45) is 0 Å². The number of aromatic nitrogens is 1. The van der Waals surface area contributed by atoms with Crippen molar-refractivity contribution in [2.75, 3.05) is 20.7 Å². The fourth-order valence-corrected chi connectivity index (χ4v) is 2.52. The van der Waals surface area contributed by atoms with Crippen molar-refractivity contribution in [1.29, 1.82) is 0 Å². The molecule has 1 N–H and O–H groups in total. The van der Waals surface area contributed by atoms with Gasteiger partial charge in [0.2, 0.25) is 0 Å². The summed E-state index contributed by atoms with van der Waals surface area (Å²) in [5.41, 5.74) is 0.835. The Kier molecular flexibility index (Phi) is 4.28. The van der Waals surface area contributed by atoms with Gasteiger partial charge in [-0.25, -0.2) is 9.37 Å². The molecule has 0 radical (unpaired) electrons. The summed E-state index contributed by atoms with van der Waals surface area (Å²) < 4.78 is 18.5. The molecule has 0 bridgehead atoms. The van der Waals surface area contributed by atoms with Gasteiger partial charge in [0.1, 0.15) is 0 Å². The minimum atomic E-state index is -0.347. The lowest BCUT2D eigenvalue weighted by molar-refractivity contribution is 0.386. The largest absolute Gasteiger partial charge is 0.494 e. The van der Waals surface area contributed by atoms with Crippen molar-refractivity contribution in [3.8, 4) is 16.2 Å². The van der Waals surface area contributed by atoms with Crippen LogP contribution in [0.2, 0.25) is 0 Å². The van der Waals surface area contributed by atoms with Gasteiger partial charge < -0.3 is 10.1 Å². The normalized spacial score (nSPS) is 10.6.